The normalized spacial score (nSPS) is 13.7. The van der Waals surface area contributed by atoms with Crippen molar-refractivity contribution in [3.05, 3.63) is 22.4 Å². The Morgan fingerprint density at radius 3 is 2.33 bits per heavy atom. The van der Waals surface area contributed by atoms with Crippen LogP contribution in [0.3, 0.4) is 0 Å². The van der Waals surface area contributed by atoms with Crippen LogP contribution < -0.4 is 0 Å². The molecule has 0 radical (unpaired) electrons. The van der Waals surface area contributed by atoms with Crippen molar-refractivity contribution in [2.24, 2.45) is 5.92 Å². The van der Waals surface area contributed by atoms with Crippen LogP contribution in [-0.2, 0) is 18.3 Å². The van der Waals surface area contributed by atoms with Gasteiger partial charge in [-0.05, 0) is 0 Å². The van der Waals surface area contributed by atoms with E-state index >= 15 is 0 Å². The molecule has 0 saturated carbocycles. The molecule has 0 nitrogen and oxygen atoms in total. The first kappa shape index (κ1) is 9.10. The Morgan fingerprint density at radius 2 is 2.00 bits per heavy atom. The van der Waals surface area contributed by atoms with E-state index in [-0.39, 0.29) is 0 Å². The Bertz CT molecular complexity index is 121. The minimum atomic E-state index is 0.651. The van der Waals surface area contributed by atoms with Crippen LogP contribution >= 0.6 is 0 Å². The summed E-state index contributed by atoms with van der Waals surface area (Å²) in [7, 11) is 0. The van der Waals surface area contributed by atoms with Crippen molar-refractivity contribution in [3.63, 3.8) is 0 Å². The molecule has 0 rings (SSSR count). The van der Waals surface area contributed by atoms with Crippen molar-refractivity contribution in [3.8, 4) is 0 Å². The van der Waals surface area contributed by atoms with E-state index < -0.39 is 0 Å². The molecule has 0 heterocycles. The van der Waals surface area contributed by atoms with Gasteiger partial charge in [-0.2, -0.15) is 0 Å². The first-order valence-electron chi connectivity index (χ1n) is 3.15. The van der Waals surface area contributed by atoms with Gasteiger partial charge in [0.2, 0.25) is 0 Å². The minimum absolute atomic E-state index is 0.651. The predicted octanol–water partition coefficient (Wildman–Crippen LogP) is 2.65. The quantitative estimate of drug-likeness (QED) is 0.485. The molecule has 0 aliphatic rings. The molecule has 9 heavy (non-hydrogen) atoms. The molecule has 0 aromatic rings. The van der Waals surface area contributed by atoms with Crippen molar-refractivity contribution in [2.75, 3.05) is 0 Å². The van der Waals surface area contributed by atoms with E-state index in [2.05, 4.69) is 44.3 Å². The molecule has 0 unspecified atom stereocenters. The second-order valence-electron chi connectivity index (χ2n) is 2.22. The zero-order chi connectivity index (χ0) is 7.28. The summed E-state index contributed by atoms with van der Waals surface area (Å²) in [5, 5.41) is 0. The Labute approximate surface area is 67.7 Å². The van der Waals surface area contributed by atoms with Crippen molar-refractivity contribution >= 4 is 0 Å². The molecule has 0 amide bonds. The summed E-state index contributed by atoms with van der Waals surface area (Å²) in [5.74, 6) is 0.651. The van der Waals surface area contributed by atoms with E-state index in [9.17, 15) is 0 Å². The van der Waals surface area contributed by atoms with Crippen LogP contribution in [-0.4, -0.2) is 0 Å². The molecule has 0 spiro atoms. The van der Waals surface area contributed by atoms with Crippen molar-refractivity contribution in [1.82, 2.24) is 0 Å². The van der Waals surface area contributed by atoms with Gasteiger partial charge in [0.1, 0.15) is 0 Å². The van der Waals surface area contributed by atoms with Crippen molar-refractivity contribution < 1.29 is 18.3 Å². The molecule has 0 bridgehead atoms. The number of allylic oxidation sites excluding steroid dienone is 4. The van der Waals surface area contributed by atoms with Crippen LogP contribution in [0.2, 0.25) is 0 Å². The van der Waals surface area contributed by atoms with Gasteiger partial charge in [0, 0.05) is 0 Å². The van der Waals surface area contributed by atoms with Crippen LogP contribution in [0, 0.1) is 5.92 Å². The van der Waals surface area contributed by atoms with E-state index in [1.807, 2.05) is 13.0 Å². The molecule has 0 aromatic carbocycles. The SMILES string of the molecule is CC=CC=[C]([Ru])C(C)C. The average molecular weight is 210 g/mol. The molecule has 0 aromatic heterocycles. The van der Waals surface area contributed by atoms with Crippen LogP contribution in [0.5, 0.6) is 0 Å². The average Bonchev–Trinajstić information content (AvgIpc) is 1.82. The maximum absolute atomic E-state index is 2.64. The van der Waals surface area contributed by atoms with Gasteiger partial charge in [0.05, 0.1) is 0 Å². The van der Waals surface area contributed by atoms with Gasteiger partial charge in [-0.25, -0.2) is 0 Å². The molecule has 0 aliphatic carbocycles. The van der Waals surface area contributed by atoms with Crippen molar-refractivity contribution in [1.29, 1.82) is 0 Å². The number of hydrogen-bond acceptors (Lipinski definition) is 0. The maximum atomic E-state index is 2.64. The molecule has 0 N–H and O–H groups in total. The topological polar surface area (TPSA) is 0 Å². The molecule has 53 valence electrons. The summed E-state index contributed by atoms with van der Waals surface area (Å²) in [6.07, 6.45) is 6.22. The fourth-order valence-corrected chi connectivity index (χ4v) is 0.545. The molecule has 0 aliphatic heterocycles. The number of hydrogen-bond donors (Lipinski definition) is 0. The molecular weight excluding hydrogens is 197 g/mol. The molecular formula is C8H13Ru. The van der Waals surface area contributed by atoms with Gasteiger partial charge in [0.15, 0.2) is 0 Å². The zero-order valence-electron chi connectivity index (χ0n) is 6.16. The summed E-state index contributed by atoms with van der Waals surface area (Å²) >= 11 is 2.64. The summed E-state index contributed by atoms with van der Waals surface area (Å²) in [4.78, 5) is 0. The fraction of sp³-hybridized carbons (Fsp3) is 0.500. The van der Waals surface area contributed by atoms with Crippen LogP contribution in [0.1, 0.15) is 20.8 Å². The Balaban J connectivity index is 3.84. The van der Waals surface area contributed by atoms with E-state index in [1.54, 1.807) is 0 Å². The Morgan fingerprint density at radius 1 is 1.44 bits per heavy atom. The molecule has 0 saturated heterocycles. The monoisotopic (exact) mass is 211 g/mol. The van der Waals surface area contributed by atoms with E-state index in [1.165, 1.54) is 4.17 Å². The van der Waals surface area contributed by atoms with Gasteiger partial charge in [-0.3, -0.25) is 0 Å². The summed E-state index contributed by atoms with van der Waals surface area (Å²) < 4.78 is 1.37. The summed E-state index contributed by atoms with van der Waals surface area (Å²) in [6, 6.07) is 0. The van der Waals surface area contributed by atoms with E-state index in [0.29, 0.717) is 5.92 Å². The molecule has 1 heteroatoms. The van der Waals surface area contributed by atoms with E-state index in [0.717, 1.165) is 0 Å². The third kappa shape index (κ3) is 4.60. The van der Waals surface area contributed by atoms with Gasteiger partial charge in [-0.1, -0.05) is 0 Å². The predicted molar refractivity (Wildman–Crippen MR) is 37.7 cm³/mol. The summed E-state index contributed by atoms with van der Waals surface area (Å²) in [5.41, 5.74) is 0. The van der Waals surface area contributed by atoms with Gasteiger partial charge in [0.25, 0.3) is 0 Å². The zero-order valence-corrected chi connectivity index (χ0v) is 7.90. The van der Waals surface area contributed by atoms with E-state index in [4.69, 9.17) is 0 Å². The van der Waals surface area contributed by atoms with Crippen LogP contribution in [0.4, 0.5) is 0 Å². The molecule has 0 atom stereocenters. The summed E-state index contributed by atoms with van der Waals surface area (Å²) in [6.45, 7) is 6.40. The van der Waals surface area contributed by atoms with Gasteiger partial charge < -0.3 is 0 Å². The van der Waals surface area contributed by atoms with Gasteiger partial charge >= 0.3 is 67.4 Å². The van der Waals surface area contributed by atoms with Gasteiger partial charge in [-0.15, -0.1) is 0 Å². The third-order valence-corrected chi connectivity index (χ3v) is 2.27. The third-order valence-electron chi connectivity index (χ3n) is 0.981. The Hall–Kier alpha value is 0.103. The molecule has 0 fully saturated rings. The Kier molecular flexibility index (Phi) is 4.99. The second-order valence-corrected chi connectivity index (χ2v) is 3.22. The fourth-order valence-electron chi connectivity index (χ4n) is 0.378. The second kappa shape index (κ2) is 4.93. The number of rotatable bonds is 2. The first-order chi connectivity index (χ1) is 4.18. The van der Waals surface area contributed by atoms with Crippen LogP contribution in [0.25, 0.3) is 0 Å². The van der Waals surface area contributed by atoms with Crippen LogP contribution in [0.15, 0.2) is 22.4 Å². The standard InChI is InChI=1S/C8H13.Ru/c1-4-5-6-7-8(2)3;/h4-6,8H,1-3H3;. The first-order valence-corrected chi connectivity index (χ1v) is 4.02. The van der Waals surface area contributed by atoms with Crippen molar-refractivity contribution in [2.45, 2.75) is 20.8 Å².